The number of benzene rings is 1. The summed E-state index contributed by atoms with van der Waals surface area (Å²) in [6.45, 7) is 8.64. The van der Waals surface area contributed by atoms with E-state index in [2.05, 4.69) is 27.8 Å². The summed E-state index contributed by atoms with van der Waals surface area (Å²) in [7, 11) is -3.61. The van der Waals surface area contributed by atoms with Crippen molar-refractivity contribution in [3.63, 3.8) is 0 Å². The predicted octanol–water partition coefficient (Wildman–Crippen LogP) is 4.49. The maximum atomic E-state index is 12.8. The first-order valence-electron chi connectivity index (χ1n) is 10.2. The van der Waals surface area contributed by atoms with Gasteiger partial charge in [-0.05, 0) is 50.1 Å². The smallest absolute Gasteiger partial charge is 0.251 e. The number of thiazole rings is 1. The average molecular weight is 478 g/mol. The number of nitrogens with zero attached hydrogens (tertiary/aromatic N) is 2. The van der Waals surface area contributed by atoms with Crippen LogP contribution in [-0.4, -0.2) is 43.2 Å². The Hall–Kier alpha value is -2.07. The standard InChI is InChI=1S/C22H27N3O3S3/c1-5-25(6-2)31(27,28)18-9-7-15(3)19(13-18)22(26)23-12-11-17-8-10-21(30-17)20-14-29-16(4)24-20/h7-10,13-14H,5-6,11-12H2,1-4H3,(H,23,26). The molecule has 0 aliphatic carbocycles. The van der Waals surface area contributed by atoms with Crippen molar-refractivity contribution >= 4 is 38.6 Å². The van der Waals surface area contributed by atoms with Crippen LogP contribution >= 0.6 is 22.7 Å². The molecule has 1 amide bonds. The molecule has 1 aromatic carbocycles. The first kappa shape index (κ1) is 23.6. The molecule has 0 spiro atoms. The summed E-state index contributed by atoms with van der Waals surface area (Å²) in [5.74, 6) is -0.263. The van der Waals surface area contributed by atoms with E-state index in [-0.39, 0.29) is 10.8 Å². The lowest BCUT2D eigenvalue weighted by Gasteiger charge is -2.19. The van der Waals surface area contributed by atoms with Gasteiger partial charge >= 0.3 is 0 Å². The molecule has 2 aromatic heterocycles. The molecule has 9 heteroatoms. The quantitative estimate of drug-likeness (QED) is 0.492. The third kappa shape index (κ3) is 5.41. The zero-order chi connectivity index (χ0) is 22.6. The van der Waals surface area contributed by atoms with Crippen molar-refractivity contribution in [1.82, 2.24) is 14.6 Å². The molecule has 3 rings (SSSR count). The Morgan fingerprint density at radius 3 is 2.52 bits per heavy atom. The van der Waals surface area contributed by atoms with Crippen LogP contribution < -0.4 is 5.32 Å². The number of hydrogen-bond donors (Lipinski definition) is 1. The van der Waals surface area contributed by atoms with Crippen LogP contribution in [0.4, 0.5) is 0 Å². The van der Waals surface area contributed by atoms with Crippen LogP contribution in [0.25, 0.3) is 10.6 Å². The first-order valence-corrected chi connectivity index (χ1v) is 13.3. The molecule has 0 aliphatic rings. The molecule has 1 N–H and O–H groups in total. The number of rotatable bonds is 9. The van der Waals surface area contributed by atoms with Crippen molar-refractivity contribution in [1.29, 1.82) is 0 Å². The SMILES string of the molecule is CCN(CC)S(=O)(=O)c1ccc(C)c(C(=O)NCCc2ccc(-c3csc(C)n3)s2)c1. The van der Waals surface area contributed by atoms with E-state index in [1.165, 1.54) is 10.4 Å². The fraction of sp³-hybridized carbons (Fsp3) is 0.364. The number of nitrogens with one attached hydrogen (secondary N) is 1. The van der Waals surface area contributed by atoms with Crippen molar-refractivity contribution in [2.75, 3.05) is 19.6 Å². The first-order chi connectivity index (χ1) is 14.8. The number of thiophene rings is 1. The Morgan fingerprint density at radius 2 is 1.87 bits per heavy atom. The van der Waals surface area contributed by atoms with Gasteiger partial charge in [0.25, 0.3) is 5.91 Å². The van der Waals surface area contributed by atoms with Crippen LogP contribution in [0.15, 0.2) is 40.6 Å². The summed E-state index contributed by atoms with van der Waals surface area (Å²) in [5.41, 5.74) is 2.12. The summed E-state index contributed by atoms with van der Waals surface area (Å²) < 4.78 is 27.0. The second kappa shape index (κ2) is 10.0. The lowest BCUT2D eigenvalue weighted by Crippen LogP contribution is -2.31. The van der Waals surface area contributed by atoms with Gasteiger partial charge < -0.3 is 5.32 Å². The maximum Gasteiger partial charge on any atom is 0.251 e. The van der Waals surface area contributed by atoms with Gasteiger partial charge in [0.2, 0.25) is 10.0 Å². The summed E-state index contributed by atoms with van der Waals surface area (Å²) >= 11 is 3.30. The van der Waals surface area contributed by atoms with E-state index < -0.39 is 10.0 Å². The fourth-order valence-electron chi connectivity index (χ4n) is 3.24. The number of hydrogen-bond acceptors (Lipinski definition) is 6. The zero-order valence-corrected chi connectivity index (χ0v) is 20.6. The highest BCUT2D eigenvalue weighted by Gasteiger charge is 2.23. The number of amides is 1. The zero-order valence-electron chi connectivity index (χ0n) is 18.1. The summed E-state index contributed by atoms with van der Waals surface area (Å²) in [6, 6.07) is 8.84. The Morgan fingerprint density at radius 1 is 1.13 bits per heavy atom. The number of carbonyl (C=O) groups is 1. The Kier molecular flexibility index (Phi) is 7.64. The molecule has 31 heavy (non-hydrogen) atoms. The second-order valence-corrected chi connectivity index (χ2v) is 11.3. The molecule has 0 bridgehead atoms. The molecular weight excluding hydrogens is 450 g/mol. The van der Waals surface area contributed by atoms with E-state index >= 15 is 0 Å². The Labute approximate surface area is 192 Å². The number of aryl methyl sites for hydroxylation is 2. The van der Waals surface area contributed by atoms with E-state index in [1.54, 1.807) is 48.7 Å². The normalized spacial score (nSPS) is 11.8. The van der Waals surface area contributed by atoms with E-state index in [9.17, 15) is 13.2 Å². The van der Waals surface area contributed by atoms with Gasteiger partial charge in [0.1, 0.15) is 0 Å². The molecule has 3 aromatic rings. The average Bonchev–Trinajstić information content (AvgIpc) is 3.37. The summed E-state index contributed by atoms with van der Waals surface area (Å²) in [5, 5.41) is 6.01. The van der Waals surface area contributed by atoms with Crippen LogP contribution in [-0.2, 0) is 16.4 Å². The van der Waals surface area contributed by atoms with Crippen LogP contribution in [0.2, 0.25) is 0 Å². The molecule has 0 unspecified atom stereocenters. The van der Waals surface area contributed by atoms with Crippen molar-refractivity contribution in [2.24, 2.45) is 0 Å². The lowest BCUT2D eigenvalue weighted by atomic mass is 10.1. The maximum absolute atomic E-state index is 12.8. The molecular formula is C22H27N3O3S3. The Balaban J connectivity index is 1.66. The van der Waals surface area contributed by atoms with Crippen molar-refractivity contribution < 1.29 is 13.2 Å². The van der Waals surface area contributed by atoms with Crippen LogP contribution in [0, 0.1) is 13.8 Å². The van der Waals surface area contributed by atoms with Gasteiger partial charge in [-0.1, -0.05) is 19.9 Å². The molecule has 0 atom stereocenters. The lowest BCUT2D eigenvalue weighted by molar-refractivity contribution is 0.0953. The molecule has 166 valence electrons. The molecule has 0 aliphatic heterocycles. The van der Waals surface area contributed by atoms with Crippen molar-refractivity contribution in [3.05, 3.63) is 56.7 Å². The van der Waals surface area contributed by atoms with E-state index in [4.69, 9.17) is 0 Å². The van der Waals surface area contributed by atoms with E-state index in [1.807, 2.05) is 13.8 Å². The van der Waals surface area contributed by atoms with Gasteiger partial charge in [-0.2, -0.15) is 4.31 Å². The third-order valence-corrected chi connectivity index (χ3v) is 8.97. The summed E-state index contributed by atoms with van der Waals surface area (Å²) in [4.78, 5) is 19.7. The van der Waals surface area contributed by atoms with Gasteiger partial charge in [-0.3, -0.25) is 4.79 Å². The van der Waals surface area contributed by atoms with Gasteiger partial charge in [0.15, 0.2) is 0 Å². The van der Waals surface area contributed by atoms with Crippen LogP contribution in [0.3, 0.4) is 0 Å². The Bertz CT molecular complexity index is 1160. The minimum absolute atomic E-state index is 0.147. The minimum atomic E-state index is -3.61. The molecule has 0 fully saturated rings. The number of carbonyl (C=O) groups excluding carboxylic acids is 1. The molecule has 2 heterocycles. The molecule has 0 saturated carbocycles. The number of sulfonamides is 1. The highest BCUT2D eigenvalue weighted by Crippen LogP contribution is 2.29. The third-order valence-electron chi connectivity index (χ3n) is 4.99. The van der Waals surface area contributed by atoms with Gasteiger partial charge in [0.05, 0.1) is 20.5 Å². The highest BCUT2D eigenvalue weighted by atomic mass is 32.2. The second-order valence-electron chi connectivity index (χ2n) is 7.09. The highest BCUT2D eigenvalue weighted by molar-refractivity contribution is 7.89. The van der Waals surface area contributed by atoms with E-state index in [0.29, 0.717) is 31.6 Å². The number of aromatic nitrogens is 1. The van der Waals surface area contributed by atoms with Crippen molar-refractivity contribution in [3.8, 4) is 10.6 Å². The van der Waals surface area contributed by atoms with Crippen LogP contribution in [0.5, 0.6) is 0 Å². The van der Waals surface area contributed by atoms with E-state index in [0.717, 1.165) is 26.0 Å². The molecule has 6 nitrogen and oxygen atoms in total. The van der Waals surface area contributed by atoms with Gasteiger partial charge in [-0.15, -0.1) is 22.7 Å². The summed E-state index contributed by atoms with van der Waals surface area (Å²) in [6.07, 6.45) is 0.704. The predicted molar refractivity (Wildman–Crippen MR) is 127 cm³/mol. The largest absolute Gasteiger partial charge is 0.352 e. The monoisotopic (exact) mass is 477 g/mol. The topological polar surface area (TPSA) is 79.4 Å². The van der Waals surface area contributed by atoms with Crippen molar-refractivity contribution in [2.45, 2.75) is 39.0 Å². The molecule has 0 saturated heterocycles. The fourth-order valence-corrected chi connectivity index (χ4v) is 6.38. The minimum Gasteiger partial charge on any atom is -0.352 e. The van der Waals surface area contributed by atoms with Crippen LogP contribution in [0.1, 0.15) is 39.7 Å². The van der Waals surface area contributed by atoms with Gasteiger partial charge in [-0.25, -0.2) is 13.4 Å². The molecule has 0 radical (unpaired) electrons. The van der Waals surface area contributed by atoms with Gasteiger partial charge in [0, 0.05) is 35.5 Å².